The summed E-state index contributed by atoms with van der Waals surface area (Å²) in [5, 5.41) is 12.1. The van der Waals surface area contributed by atoms with Gasteiger partial charge in [0, 0.05) is 6.54 Å². The van der Waals surface area contributed by atoms with E-state index in [0.29, 0.717) is 19.6 Å². The molecule has 4 heteroatoms. The Bertz CT molecular complexity index is 406. The largest absolute Gasteiger partial charge is 0.492 e. The molecule has 1 rings (SSSR count). The van der Waals surface area contributed by atoms with E-state index in [-0.39, 0.29) is 0 Å². The van der Waals surface area contributed by atoms with E-state index in [1.54, 1.807) is 6.92 Å². The molecule has 1 aromatic rings. The summed E-state index contributed by atoms with van der Waals surface area (Å²) in [6, 6.07) is 7.77. The van der Waals surface area contributed by atoms with Crippen molar-refractivity contribution in [1.82, 2.24) is 5.32 Å². The third kappa shape index (κ3) is 3.74. The first-order chi connectivity index (χ1) is 8.49. The summed E-state index contributed by atoms with van der Waals surface area (Å²) < 4.78 is 5.60. The average molecular weight is 251 g/mol. The van der Waals surface area contributed by atoms with Crippen molar-refractivity contribution in [2.24, 2.45) is 0 Å². The third-order valence-corrected chi connectivity index (χ3v) is 3.15. The van der Waals surface area contributed by atoms with Crippen LogP contribution < -0.4 is 10.1 Å². The smallest absolute Gasteiger partial charge is 0.323 e. The molecule has 1 atom stereocenters. The fraction of sp³-hybridized carbons (Fsp3) is 0.500. The van der Waals surface area contributed by atoms with Gasteiger partial charge in [-0.25, -0.2) is 0 Å². The Hall–Kier alpha value is -1.55. The van der Waals surface area contributed by atoms with Gasteiger partial charge in [0.15, 0.2) is 0 Å². The van der Waals surface area contributed by atoms with Crippen LogP contribution in [0.3, 0.4) is 0 Å². The quantitative estimate of drug-likeness (QED) is 0.729. The van der Waals surface area contributed by atoms with Crippen LogP contribution in [0.15, 0.2) is 24.3 Å². The maximum Gasteiger partial charge on any atom is 0.323 e. The van der Waals surface area contributed by atoms with E-state index in [2.05, 4.69) is 5.32 Å². The molecule has 0 radical (unpaired) electrons. The Morgan fingerprint density at radius 3 is 2.67 bits per heavy atom. The van der Waals surface area contributed by atoms with Crippen molar-refractivity contribution in [3.63, 3.8) is 0 Å². The lowest BCUT2D eigenvalue weighted by molar-refractivity contribution is -0.144. The molecule has 0 aromatic heterocycles. The van der Waals surface area contributed by atoms with Crippen LogP contribution in [0.25, 0.3) is 0 Å². The van der Waals surface area contributed by atoms with Crippen LogP contribution in [0, 0.1) is 6.92 Å². The van der Waals surface area contributed by atoms with E-state index in [4.69, 9.17) is 9.84 Å². The van der Waals surface area contributed by atoms with Crippen molar-refractivity contribution in [2.45, 2.75) is 32.7 Å². The van der Waals surface area contributed by atoms with Crippen LogP contribution in [-0.4, -0.2) is 29.8 Å². The second kappa shape index (κ2) is 6.40. The lowest BCUT2D eigenvalue weighted by Gasteiger charge is -2.24. The average Bonchev–Trinajstić information content (AvgIpc) is 2.36. The Kier molecular flexibility index (Phi) is 5.16. The van der Waals surface area contributed by atoms with Gasteiger partial charge in [-0.05, 0) is 31.9 Å². The summed E-state index contributed by atoms with van der Waals surface area (Å²) >= 11 is 0. The molecule has 0 aliphatic rings. The minimum atomic E-state index is -0.880. The zero-order valence-corrected chi connectivity index (χ0v) is 11.2. The first-order valence-electron chi connectivity index (χ1n) is 6.16. The zero-order chi connectivity index (χ0) is 13.6. The van der Waals surface area contributed by atoms with Crippen molar-refractivity contribution in [3.8, 4) is 5.75 Å². The van der Waals surface area contributed by atoms with Crippen LogP contribution in [0.1, 0.15) is 25.8 Å². The van der Waals surface area contributed by atoms with Gasteiger partial charge in [0.2, 0.25) is 0 Å². The number of rotatable bonds is 7. The minimum Gasteiger partial charge on any atom is -0.492 e. The van der Waals surface area contributed by atoms with E-state index >= 15 is 0 Å². The van der Waals surface area contributed by atoms with Crippen molar-refractivity contribution < 1.29 is 14.6 Å². The summed E-state index contributed by atoms with van der Waals surface area (Å²) in [7, 11) is 0. The van der Waals surface area contributed by atoms with Crippen molar-refractivity contribution >= 4 is 5.97 Å². The monoisotopic (exact) mass is 251 g/mol. The number of carboxylic acid groups (broad SMARTS) is 1. The molecular formula is C14H21NO3. The number of ether oxygens (including phenoxy) is 1. The number of hydrogen-bond acceptors (Lipinski definition) is 3. The second-order valence-corrected chi connectivity index (χ2v) is 4.53. The maximum atomic E-state index is 11.1. The van der Waals surface area contributed by atoms with E-state index in [0.717, 1.165) is 11.3 Å². The Balaban J connectivity index is 2.39. The first kappa shape index (κ1) is 14.5. The van der Waals surface area contributed by atoms with Gasteiger partial charge >= 0.3 is 5.97 Å². The number of aliphatic carboxylic acids is 1. The normalized spacial score (nSPS) is 13.9. The van der Waals surface area contributed by atoms with Crippen LogP contribution in [0.2, 0.25) is 0 Å². The Morgan fingerprint density at radius 2 is 2.11 bits per heavy atom. The highest BCUT2D eigenvalue weighted by Gasteiger charge is 2.29. The number of carbonyl (C=O) groups is 1. The number of carboxylic acids is 1. The Labute approximate surface area is 108 Å². The molecular weight excluding hydrogens is 230 g/mol. The summed E-state index contributed by atoms with van der Waals surface area (Å²) in [6.45, 7) is 6.47. The maximum absolute atomic E-state index is 11.1. The molecule has 0 bridgehead atoms. The molecule has 4 nitrogen and oxygen atoms in total. The number of aryl methyl sites for hydroxylation is 1. The molecule has 2 N–H and O–H groups in total. The first-order valence-corrected chi connectivity index (χ1v) is 6.16. The van der Waals surface area contributed by atoms with Crippen LogP contribution in [0.4, 0.5) is 0 Å². The molecule has 1 aromatic carbocycles. The molecule has 0 aliphatic carbocycles. The molecule has 0 saturated carbocycles. The van der Waals surface area contributed by atoms with Gasteiger partial charge in [0.25, 0.3) is 0 Å². The highest BCUT2D eigenvalue weighted by atomic mass is 16.5. The number of nitrogens with one attached hydrogen (secondary N) is 1. The van der Waals surface area contributed by atoms with Gasteiger partial charge < -0.3 is 9.84 Å². The van der Waals surface area contributed by atoms with Gasteiger partial charge in [-0.2, -0.15) is 0 Å². The van der Waals surface area contributed by atoms with Crippen molar-refractivity contribution in [3.05, 3.63) is 29.8 Å². The lowest BCUT2D eigenvalue weighted by Crippen LogP contribution is -2.50. The number of para-hydroxylation sites is 1. The predicted molar refractivity (Wildman–Crippen MR) is 71.0 cm³/mol. The fourth-order valence-corrected chi connectivity index (χ4v) is 1.56. The standard InChI is InChI=1S/C14H21NO3/c1-4-14(3,13(16)17)15-9-10-18-12-8-6-5-7-11(12)2/h5-8,15H,4,9-10H2,1-3H3,(H,16,17). The summed E-state index contributed by atoms with van der Waals surface area (Å²) in [4.78, 5) is 11.1. The molecule has 0 fully saturated rings. The third-order valence-electron chi connectivity index (χ3n) is 3.15. The van der Waals surface area contributed by atoms with Crippen LogP contribution in [0.5, 0.6) is 5.75 Å². The molecule has 100 valence electrons. The molecule has 1 unspecified atom stereocenters. The molecule has 0 spiro atoms. The minimum absolute atomic E-state index is 0.452. The van der Waals surface area contributed by atoms with Gasteiger partial charge in [-0.3, -0.25) is 10.1 Å². The predicted octanol–water partition coefficient (Wildman–Crippen LogP) is 2.22. The highest BCUT2D eigenvalue weighted by Crippen LogP contribution is 2.16. The van der Waals surface area contributed by atoms with E-state index < -0.39 is 11.5 Å². The second-order valence-electron chi connectivity index (χ2n) is 4.53. The fourth-order valence-electron chi connectivity index (χ4n) is 1.56. The molecule has 0 aliphatic heterocycles. The van der Waals surface area contributed by atoms with E-state index in [1.807, 2.05) is 38.1 Å². The molecule has 0 amide bonds. The van der Waals surface area contributed by atoms with E-state index in [1.165, 1.54) is 0 Å². The van der Waals surface area contributed by atoms with Gasteiger partial charge in [0.05, 0.1) is 0 Å². The van der Waals surface area contributed by atoms with Gasteiger partial charge in [-0.15, -0.1) is 0 Å². The number of hydrogen-bond donors (Lipinski definition) is 2. The van der Waals surface area contributed by atoms with Crippen LogP contribution in [-0.2, 0) is 4.79 Å². The van der Waals surface area contributed by atoms with Crippen molar-refractivity contribution in [1.29, 1.82) is 0 Å². The number of benzene rings is 1. The van der Waals surface area contributed by atoms with Crippen molar-refractivity contribution in [2.75, 3.05) is 13.2 Å². The van der Waals surface area contributed by atoms with E-state index in [9.17, 15) is 4.79 Å². The summed E-state index contributed by atoms with van der Waals surface area (Å²) in [5.74, 6) is 0.00807. The van der Waals surface area contributed by atoms with Gasteiger partial charge in [-0.1, -0.05) is 25.1 Å². The summed E-state index contributed by atoms with van der Waals surface area (Å²) in [6.07, 6.45) is 0.534. The lowest BCUT2D eigenvalue weighted by atomic mass is 9.99. The zero-order valence-electron chi connectivity index (χ0n) is 11.2. The molecule has 0 heterocycles. The SMILES string of the molecule is CCC(C)(NCCOc1ccccc1C)C(=O)O. The highest BCUT2D eigenvalue weighted by molar-refractivity contribution is 5.78. The van der Waals surface area contributed by atoms with Crippen LogP contribution >= 0.6 is 0 Å². The summed E-state index contributed by atoms with van der Waals surface area (Å²) in [5.41, 5.74) is 0.198. The molecule has 18 heavy (non-hydrogen) atoms. The Morgan fingerprint density at radius 1 is 1.44 bits per heavy atom. The topological polar surface area (TPSA) is 58.6 Å². The van der Waals surface area contributed by atoms with Gasteiger partial charge in [0.1, 0.15) is 17.9 Å². The molecule has 0 saturated heterocycles.